The molecule has 4 aromatic rings. The summed E-state index contributed by atoms with van der Waals surface area (Å²) in [6.45, 7) is -0.249. The van der Waals surface area contributed by atoms with E-state index in [1.165, 1.54) is 15.7 Å². The molecule has 2 aliphatic rings. The molecule has 3 atom stereocenters. The van der Waals surface area contributed by atoms with E-state index in [2.05, 4.69) is 21.2 Å². The van der Waals surface area contributed by atoms with Crippen molar-refractivity contribution in [2.75, 3.05) is 10.2 Å². The highest BCUT2D eigenvalue weighted by atomic mass is 79.9. The van der Waals surface area contributed by atoms with Crippen molar-refractivity contribution in [2.45, 2.75) is 22.7 Å². The zero-order valence-electron chi connectivity index (χ0n) is 19.3. The Morgan fingerprint density at radius 1 is 1.03 bits per heavy atom. The van der Waals surface area contributed by atoms with E-state index in [0.29, 0.717) is 32.1 Å². The first kappa shape index (κ1) is 25.2. The molecule has 0 aliphatic carbocycles. The number of fused-ring (bicyclic) bond motifs is 2. The molecule has 3 amide bonds. The van der Waals surface area contributed by atoms with E-state index in [1.807, 2.05) is 0 Å². The molecule has 0 spiro atoms. The molecule has 38 heavy (non-hydrogen) atoms. The van der Waals surface area contributed by atoms with Gasteiger partial charge in [0.25, 0.3) is 0 Å². The van der Waals surface area contributed by atoms with Crippen LogP contribution in [0.15, 0.2) is 85.6 Å². The number of hydrogen-bond donors (Lipinski definition) is 1. The molecule has 8 nitrogen and oxygen atoms in total. The number of benzene rings is 2. The number of nitrogens with one attached hydrogen (secondary N) is 1. The molecule has 0 bridgehead atoms. The second kappa shape index (κ2) is 9.88. The summed E-state index contributed by atoms with van der Waals surface area (Å²) in [6, 6.07) is 17.0. The number of nitrogens with zero attached hydrogens (tertiary/aromatic N) is 2. The molecule has 12 heteroatoms. The van der Waals surface area contributed by atoms with Crippen LogP contribution in [-0.2, 0) is 20.9 Å². The van der Waals surface area contributed by atoms with Crippen molar-refractivity contribution in [3.05, 3.63) is 96.7 Å². The molecule has 6 rings (SSSR count). The van der Waals surface area contributed by atoms with E-state index in [1.54, 1.807) is 60.7 Å². The molecule has 4 heterocycles. The van der Waals surface area contributed by atoms with Crippen molar-refractivity contribution in [3.8, 4) is 0 Å². The lowest BCUT2D eigenvalue weighted by Crippen LogP contribution is -2.32. The highest BCUT2D eigenvalue weighted by Crippen LogP contribution is 2.53. The summed E-state index contributed by atoms with van der Waals surface area (Å²) < 4.78 is 7.89. The van der Waals surface area contributed by atoms with Gasteiger partial charge >= 0.3 is 4.87 Å². The second-order valence-corrected chi connectivity index (χ2v) is 12.2. The first-order valence-corrected chi connectivity index (χ1v) is 14.3. The lowest BCUT2D eigenvalue weighted by Gasteiger charge is -2.29. The van der Waals surface area contributed by atoms with E-state index in [4.69, 9.17) is 16.0 Å². The fourth-order valence-corrected chi connectivity index (χ4v) is 7.90. The zero-order chi connectivity index (χ0) is 26.6. The van der Waals surface area contributed by atoms with Gasteiger partial charge in [0.1, 0.15) is 17.6 Å². The van der Waals surface area contributed by atoms with E-state index in [0.717, 1.165) is 27.6 Å². The number of rotatable bonds is 5. The zero-order valence-corrected chi connectivity index (χ0v) is 23.3. The summed E-state index contributed by atoms with van der Waals surface area (Å²) in [5.41, 5.74) is 1.01. The summed E-state index contributed by atoms with van der Waals surface area (Å²) in [7, 11) is 0. The molecule has 0 radical (unpaired) electrons. The Kier molecular flexibility index (Phi) is 6.55. The summed E-state index contributed by atoms with van der Waals surface area (Å²) in [6.07, 6.45) is 1.50. The normalized spacial score (nSPS) is 20.4. The topological polar surface area (TPSA) is 102 Å². The monoisotopic (exact) mass is 629 g/mol. The fourth-order valence-electron chi connectivity index (χ4n) is 4.75. The number of carbonyl (C=O) groups excluding carboxylic acids is 3. The Hall–Kier alpha value is -3.12. The van der Waals surface area contributed by atoms with Gasteiger partial charge < -0.3 is 9.73 Å². The third-order valence-electron chi connectivity index (χ3n) is 6.41. The quantitative estimate of drug-likeness (QED) is 0.298. The third-order valence-corrected chi connectivity index (χ3v) is 9.80. The van der Waals surface area contributed by atoms with Gasteiger partial charge in [-0.05, 0) is 60.7 Å². The predicted molar refractivity (Wildman–Crippen MR) is 149 cm³/mol. The summed E-state index contributed by atoms with van der Waals surface area (Å²) in [5, 5.41) is 3.01. The van der Waals surface area contributed by atoms with Gasteiger partial charge in [0.2, 0.25) is 17.7 Å². The van der Waals surface area contributed by atoms with E-state index in [-0.39, 0.29) is 23.2 Å². The van der Waals surface area contributed by atoms with Crippen molar-refractivity contribution >= 4 is 79.7 Å². The van der Waals surface area contributed by atoms with Gasteiger partial charge in [-0.3, -0.25) is 23.7 Å². The minimum absolute atomic E-state index is 0.249. The Morgan fingerprint density at radius 2 is 1.76 bits per heavy atom. The van der Waals surface area contributed by atoms with Crippen molar-refractivity contribution in [1.29, 1.82) is 0 Å². The minimum Gasteiger partial charge on any atom is -0.469 e. The highest BCUT2D eigenvalue weighted by Gasteiger charge is 2.57. The lowest BCUT2D eigenvalue weighted by molar-refractivity contribution is -0.122. The number of aromatic nitrogens is 1. The van der Waals surface area contributed by atoms with Gasteiger partial charge in [-0.1, -0.05) is 50.6 Å². The van der Waals surface area contributed by atoms with Gasteiger partial charge in [0, 0.05) is 15.2 Å². The van der Waals surface area contributed by atoms with Crippen LogP contribution in [0.25, 0.3) is 0 Å². The van der Waals surface area contributed by atoms with Crippen molar-refractivity contribution in [2.24, 2.45) is 5.92 Å². The van der Waals surface area contributed by atoms with E-state index < -0.39 is 23.0 Å². The van der Waals surface area contributed by atoms with Crippen molar-refractivity contribution < 1.29 is 18.8 Å². The van der Waals surface area contributed by atoms with Crippen LogP contribution in [0.2, 0.25) is 5.02 Å². The van der Waals surface area contributed by atoms with Crippen molar-refractivity contribution in [1.82, 2.24) is 4.57 Å². The Morgan fingerprint density at radius 3 is 2.45 bits per heavy atom. The van der Waals surface area contributed by atoms with Gasteiger partial charge in [-0.2, -0.15) is 0 Å². The fraction of sp³-hybridized carbons (Fsp3) is 0.154. The largest absolute Gasteiger partial charge is 0.469 e. The van der Waals surface area contributed by atoms with Gasteiger partial charge in [0.15, 0.2) is 0 Å². The smallest absolute Gasteiger partial charge is 0.308 e. The molecule has 3 unspecified atom stereocenters. The van der Waals surface area contributed by atoms with Crippen LogP contribution in [0.1, 0.15) is 16.6 Å². The summed E-state index contributed by atoms with van der Waals surface area (Å²) >= 11 is 11.4. The van der Waals surface area contributed by atoms with Gasteiger partial charge in [-0.15, -0.1) is 0 Å². The van der Waals surface area contributed by atoms with Gasteiger partial charge in [0.05, 0.1) is 33.7 Å². The molecule has 1 fully saturated rings. The average Bonchev–Trinajstić information content (AvgIpc) is 3.59. The second-order valence-electron chi connectivity index (χ2n) is 8.72. The number of thiazole rings is 1. The maximum absolute atomic E-state index is 13.7. The number of carbonyl (C=O) groups is 3. The number of thioether (sulfide) groups is 1. The van der Waals surface area contributed by atoms with Crippen LogP contribution in [0.4, 0.5) is 11.4 Å². The van der Waals surface area contributed by atoms with E-state index >= 15 is 0 Å². The maximum Gasteiger partial charge on any atom is 0.308 e. The van der Waals surface area contributed by atoms with Crippen molar-refractivity contribution in [3.63, 3.8) is 0 Å². The first-order chi connectivity index (χ1) is 18.3. The molecule has 2 aliphatic heterocycles. The minimum atomic E-state index is -0.784. The average molecular weight is 631 g/mol. The van der Waals surface area contributed by atoms with Crippen LogP contribution < -0.4 is 15.1 Å². The molecule has 1 N–H and O–H groups in total. The predicted octanol–water partition coefficient (Wildman–Crippen LogP) is 5.35. The SMILES string of the molecule is O=C(Cn1c2c(sc1=O)C(c1ccco1)C1C(=O)N(c3ccc(Br)cc3)C(=O)C1S2)Nc1ccc(Cl)cc1. The molecule has 0 saturated carbocycles. The Labute approximate surface area is 237 Å². The number of halogens is 2. The summed E-state index contributed by atoms with van der Waals surface area (Å²) in [4.78, 5) is 54.8. The Balaban J connectivity index is 1.38. The van der Waals surface area contributed by atoms with Crippen LogP contribution >= 0.6 is 50.6 Å². The number of hydrogen-bond acceptors (Lipinski definition) is 7. The lowest BCUT2D eigenvalue weighted by atomic mass is 9.87. The van der Waals surface area contributed by atoms with Crippen LogP contribution in [-0.4, -0.2) is 27.5 Å². The molecule has 2 aromatic heterocycles. The number of anilines is 2. The van der Waals surface area contributed by atoms with Crippen LogP contribution in [0.3, 0.4) is 0 Å². The van der Waals surface area contributed by atoms with E-state index in [9.17, 15) is 19.2 Å². The molecule has 1 saturated heterocycles. The summed E-state index contributed by atoms with van der Waals surface area (Å²) in [5.74, 6) is -2.04. The maximum atomic E-state index is 13.7. The number of furan rings is 1. The van der Waals surface area contributed by atoms with Gasteiger partial charge in [-0.25, -0.2) is 4.90 Å². The highest BCUT2D eigenvalue weighted by molar-refractivity contribution is 9.10. The molecule has 2 aromatic carbocycles. The number of imide groups is 1. The van der Waals surface area contributed by atoms with Crippen LogP contribution in [0, 0.1) is 5.92 Å². The van der Waals surface area contributed by atoms with Crippen LogP contribution in [0.5, 0.6) is 0 Å². The standard InChI is InChI=1S/C26H17BrClN3O5S2/c27-13-3-9-16(10-4-13)31-23(33)20-19(17-2-1-11-36-17)22-25(37-21(20)24(31)34)30(26(35)38-22)12-18(32)29-15-7-5-14(28)6-8-15/h1-11,19-21H,12H2,(H,29,32). The molecule has 192 valence electrons. The number of amides is 3. The first-order valence-electron chi connectivity index (χ1n) is 11.4. The Bertz CT molecular complexity index is 1620. The third kappa shape index (κ3) is 4.33. The molecular formula is C26H17BrClN3O5S2. The molecular weight excluding hydrogens is 614 g/mol.